The average Bonchev–Trinajstić information content (AvgIpc) is 2.21. The summed E-state index contributed by atoms with van der Waals surface area (Å²) in [6.07, 6.45) is -0.471. The Kier molecular flexibility index (Phi) is 4.70. The molecule has 0 bridgehead atoms. The molecule has 0 saturated heterocycles. The van der Waals surface area contributed by atoms with Crippen molar-refractivity contribution in [2.24, 2.45) is 0 Å². The third kappa shape index (κ3) is 3.96. The first-order chi connectivity index (χ1) is 8.22. The molecule has 1 aromatic carbocycles. The first-order valence-corrected chi connectivity index (χ1v) is 7.19. The predicted molar refractivity (Wildman–Crippen MR) is 65.7 cm³/mol. The van der Waals surface area contributed by atoms with Gasteiger partial charge >= 0.3 is 5.97 Å². The summed E-state index contributed by atoms with van der Waals surface area (Å²) in [6.45, 7) is 1.32. The van der Waals surface area contributed by atoms with Gasteiger partial charge in [-0.3, -0.25) is 4.79 Å². The number of halogens is 2. The van der Waals surface area contributed by atoms with Gasteiger partial charge < -0.3 is 5.11 Å². The van der Waals surface area contributed by atoms with Crippen LogP contribution in [0.5, 0.6) is 0 Å². The molecule has 7 heteroatoms. The summed E-state index contributed by atoms with van der Waals surface area (Å²) in [5.41, 5.74) is 0.260. The average molecular weight is 295 g/mol. The number of carboxylic acid groups (broad SMARTS) is 1. The van der Waals surface area contributed by atoms with Gasteiger partial charge in [0.2, 0.25) is 0 Å². The van der Waals surface area contributed by atoms with Gasteiger partial charge in [-0.05, 0) is 24.6 Å². The molecule has 0 aliphatic heterocycles. The van der Waals surface area contributed by atoms with Gasteiger partial charge in [-0.2, -0.15) is 0 Å². The molecule has 0 radical (unpaired) electrons. The molecular weight excluding hydrogens is 283 g/mol. The lowest BCUT2D eigenvalue weighted by atomic mass is 10.2. The van der Waals surface area contributed by atoms with Crippen LogP contribution in [0.15, 0.2) is 18.2 Å². The van der Waals surface area contributed by atoms with Gasteiger partial charge in [0.1, 0.15) is 5.82 Å². The van der Waals surface area contributed by atoms with Crippen molar-refractivity contribution in [3.8, 4) is 0 Å². The second kappa shape index (κ2) is 5.67. The Balaban J connectivity index is 2.92. The Morgan fingerprint density at radius 2 is 2.11 bits per heavy atom. The molecular formula is C11H12ClFO4S. The summed E-state index contributed by atoms with van der Waals surface area (Å²) in [6, 6.07) is 3.41. The molecule has 0 heterocycles. The fraction of sp³-hybridized carbons (Fsp3) is 0.364. The van der Waals surface area contributed by atoms with Gasteiger partial charge in [-0.1, -0.05) is 17.7 Å². The van der Waals surface area contributed by atoms with Crippen LogP contribution in [-0.4, -0.2) is 24.7 Å². The Morgan fingerprint density at radius 3 is 2.61 bits per heavy atom. The molecule has 0 aromatic heterocycles. The number of carbonyl (C=O) groups is 1. The highest BCUT2D eigenvalue weighted by atomic mass is 35.5. The minimum atomic E-state index is -3.63. The first kappa shape index (κ1) is 14.9. The molecule has 0 fully saturated rings. The standard InChI is InChI=1S/C11H12ClFO4S/c1-7(4-11(14)15)18(16,17)6-8-2-3-9(13)5-10(8)12/h2-3,5,7H,4,6H2,1H3,(H,14,15). The van der Waals surface area contributed by atoms with Crippen LogP contribution in [0.3, 0.4) is 0 Å². The smallest absolute Gasteiger partial charge is 0.304 e. The van der Waals surface area contributed by atoms with Crippen LogP contribution in [-0.2, 0) is 20.4 Å². The van der Waals surface area contributed by atoms with Crippen LogP contribution in [0.4, 0.5) is 4.39 Å². The van der Waals surface area contributed by atoms with Crippen molar-refractivity contribution in [2.45, 2.75) is 24.3 Å². The topological polar surface area (TPSA) is 71.4 Å². The van der Waals surface area contributed by atoms with Crippen LogP contribution in [0.25, 0.3) is 0 Å². The number of carboxylic acids is 1. The molecule has 1 aromatic rings. The van der Waals surface area contributed by atoms with Crippen molar-refractivity contribution in [3.05, 3.63) is 34.6 Å². The van der Waals surface area contributed by atoms with Crippen molar-refractivity contribution >= 4 is 27.4 Å². The lowest BCUT2D eigenvalue weighted by Crippen LogP contribution is -2.23. The zero-order chi connectivity index (χ0) is 13.9. The fourth-order valence-electron chi connectivity index (χ4n) is 1.37. The summed E-state index contributed by atoms with van der Waals surface area (Å²) >= 11 is 5.73. The van der Waals surface area contributed by atoms with E-state index in [0.717, 1.165) is 12.1 Å². The van der Waals surface area contributed by atoms with Crippen LogP contribution < -0.4 is 0 Å². The Labute approximate surface area is 109 Å². The zero-order valence-electron chi connectivity index (χ0n) is 9.56. The lowest BCUT2D eigenvalue weighted by Gasteiger charge is -2.11. The van der Waals surface area contributed by atoms with E-state index in [2.05, 4.69) is 0 Å². The van der Waals surface area contributed by atoms with Crippen molar-refractivity contribution < 1.29 is 22.7 Å². The lowest BCUT2D eigenvalue weighted by molar-refractivity contribution is -0.136. The molecule has 1 atom stereocenters. The highest BCUT2D eigenvalue weighted by molar-refractivity contribution is 7.91. The van der Waals surface area contributed by atoms with E-state index >= 15 is 0 Å². The molecule has 0 spiro atoms. The van der Waals surface area contributed by atoms with Gasteiger partial charge in [0, 0.05) is 5.02 Å². The van der Waals surface area contributed by atoms with E-state index in [-0.39, 0.29) is 10.6 Å². The molecule has 1 unspecified atom stereocenters. The maximum Gasteiger partial charge on any atom is 0.304 e. The van der Waals surface area contributed by atoms with Crippen LogP contribution in [0.1, 0.15) is 18.9 Å². The summed E-state index contributed by atoms with van der Waals surface area (Å²) < 4.78 is 36.5. The van der Waals surface area contributed by atoms with Crippen LogP contribution >= 0.6 is 11.6 Å². The first-order valence-electron chi connectivity index (χ1n) is 5.09. The number of aliphatic carboxylic acids is 1. The molecule has 0 saturated carbocycles. The van der Waals surface area contributed by atoms with Crippen molar-refractivity contribution in [1.82, 2.24) is 0 Å². The molecule has 0 aliphatic carbocycles. The van der Waals surface area contributed by atoms with Crippen LogP contribution in [0, 0.1) is 5.82 Å². The van der Waals surface area contributed by atoms with Gasteiger partial charge in [0.05, 0.1) is 17.4 Å². The summed E-state index contributed by atoms with van der Waals surface area (Å²) in [7, 11) is -3.63. The van der Waals surface area contributed by atoms with Gasteiger partial charge in [0.25, 0.3) is 0 Å². The van der Waals surface area contributed by atoms with E-state index in [9.17, 15) is 17.6 Å². The molecule has 0 aliphatic rings. The van der Waals surface area contributed by atoms with E-state index in [0.29, 0.717) is 0 Å². The molecule has 1 rings (SSSR count). The maximum atomic E-state index is 12.8. The second-order valence-electron chi connectivity index (χ2n) is 3.95. The molecule has 100 valence electrons. The quantitative estimate of drug-likeness (QED) is 0.904. The highest BCUT2D eigenvalue weighted by Gasteiger charge is 2.24. The van der Waals surface area contributed by atoms with Crippen LogP contribution in [0.2, 0.25) is 5.02 Å². The van der Waals surface area contributed by atoms with Crippen molar-refractivity contribution in [1.29, 1.82) is 0 Å². The normalized spacial score (nSPS) is 13.3. The number of hydrogen-bond acceptors (Lipinski definition) is 3. The Hall–Kier alpha value is -1.14. The largest absolute Gasteiger partial charge is 0.481 e. The number of benzene rings is 1. The third-order valence-electron chi connectivity index (χ3n) is 2.45. The SMILES string of the molecule is CC(CC(=O)O)S(=O)(=O)Cc1ccc(F)cc1Cl. The van der Waals surface area contributed by atoms with Gasteiger partial charge in [-0.25, -0.2) is 12.8 Å². The van der Waals surface area contributed by atoms with E-state index in [1.807, 2.05) is 0 Å². The molecule has 1 N–H and O–H groups in total. The minimum absolute atomic E-state index is 0.0149. The predicted octanol–water partition coefficient (Wildman–Crippen LogP) is 2.26. The van der Waals surface area contributed by atoms with E-state index in [1.54, 1.807) is 0 Å². The maximum absolute atomic E-state index is 12.8. The fourth-order valence-corrected chi connectivity index (χ4v) is 3.05. The summed E-state index contributed by atoms with van der Waals surface area (Å²) in [5, 5.41) is 7.56. The van der Waals surface area contributed by atoms with Gasteiger partial charge in [0.15, 0.2) is 9.84 Å². The number of hydrogen-bond donors (Lipinski definition) is 1. The third-order valence-corrected chi connectivity index (χ3v) is 4.90. The zero-order valence-corrected chi connectivity index (χ0v) is 11.1. The van der Waals surface area contributed by atoms with E-state index < -0.39 is 39.0 Å². The number of sulfone groups is 1. The molecule has 18 heavy (non-hydrogen) atoms. The highest BCUT2D eigenvalue weighted by Crippen LogP contribution is 2.22. The van der Waals surface area contributed by atoms with E-state index in [1.165, 1.54) is 13.0 Å². The summed E-state index contributed by atoms with van der Waals surface area (Å²) in [5.74, 6) is -2.14. The summed E-state index contributed by atoms with van der Waals surface area (Å²) in [4.78, 5) is 10.5. The van der Waals surface area contributed by atoms with Gasteiger partial charge in [-0.15, -0.1) is 0 Å². The minimum Gasteiger partial charge on any atom is -0.481 e. The van der Waals surface area contributed by atoms with E-state index in [4.69, 9.17) is 16.7 Å². The second-order valence-corrected chi connectivity index (χ2v) is 6.78. The number of rotatable bonds is 5. The van der Waals surface area contributed by atoms with Crippen molar-refractivity contribution in [3.63, 3.8) is 0 Å². The molecule has 0 amide bonds. The Morgan fingerprint density at radius 1 is 1.50 bits per heavy atom. The van der Waals surface area contributed by atoms with Crippen molar-refractivity contribution in [2.75, 3.05) is 0 Å². The Bertz CT molecular complexity index is 556. The monoisotopic (exact) mass is 294 g/mol. The molecule has 4 nitrogen and oxygen atoms in total.